The first-order chi connectivity index (χ1) is 9.41. The topological polar surface area (TPSA) is 24.0 Å². The summed E-state index contributed by atoms with van der Waals surface area (Å²) >= 11 is 5.48. The van der Waals surface area contributed by atoms with Gasteiger partial charge in [0, 0.05) is 25.2 Å². The minimum atomic E-state index is 0.551. The van der Waals surface area contributed by atoms with E-state index < -0.39 is 0 Å². The van der Waals surface area contributed by atoms with Gasteiger partial charge in [-0.15, -0.1) is 0 Å². The second-order valence-corrected chi connectivity index (χ2v) is 6.36. The van der Waals surface area contributed by atoms with Crippen LogP contribution in [0, 0.1) is 11.7 Å². The lowest BCUT2D eigenvalue weighted by Crippen LogP contribution is -2.39. The van der Waals surface area contributed by atoms with Crippen LogP contribution in [0.25, 0.3) is 11.0 Å². The molecule has 0 amide bonds. The molecule has 1 aromatic heterocycles. The number of aryl methyl sites for hydroxylation is 1. The molecule has 20 heavy (non-hydrogen) atoms. The van der Waals surface area contributed by atoms with Crippen molar-refractivity contribution in [1.29, 1.82) is 0 Å². The van der Waals surface area contributed by atoms with Crippen molar-refractivity contribution in [3.8, 4) is 0 Å². The molecule has 0 saturated carbocycles. The van der Waals surface area contributed by atoms with E-state index >= 15 is 0 Å². The number of aromatic nitrogens is 2. The first-order valence-electron chi connectivity index (χ1n) is 7.35. The lowest BCUT2D eigenvalue weighted by molar-refractivity contribution is 0.168. The fourth-order valence-electron chi connectivity index (χ4n) is 2.94. The zero-order valence-corrected chi connectivity index (χ0v) is 13.9. The summed E-state index contributed by atoms with van der Waals surface area (Å²) in [5.74, 6) is 0. The van der Waals surface area contributed by atoms with E-state index in [2.05, 4.69) is 67.3 Å². The minimum absolute atomic E-state index is 0.551. The molecule has 0 saturated heterocycles. The predicted octanol–water partition coefficient (Wildman–Crippen LogP) is 4.13. The van der Waals surface area contributed by atoms with Crippen molar-refractivity contribution >= 4 is 23.3 Å². The summed E-state index contributed by atoms with van der Waals surface area (Å²) in [6.07, 6.45) is 0. The second kappa shape index (κ2) is 6.10. The molecule has 0 aliphatic carbocycles. The molecule has 3 nitrogen and oxygen atoms in total. The van der Waals surface area contributed by atoms with E-state index in [-0.39, 0.29) is 0 Å². The Morgan fingerprint density at radius 2 is 1.85 bits per heavy atom. The number of para-hydroxylation sites is 1. The molecule has 1 aromatic carbocycles. The van der Waals surface area contributed by atoms with Gasteiger partial charge in [-0.25, -0.2) is 0 Å². The quantitative estimate of drug-likeness (QED) is 0.838. The van der Waals surface area contributed by atoms with Gasteiger partial charge in [0.1, 0.15) is 0 Å². The third kappa shape index (κ3) is 2.96. The standard InChI is InChI=1S/C16H25N3S/c1-11(2)18(12(3)4)9-10-19-15-13(5)7-6-8-14(15)17-16(19)20/h6-8,11-12H,9-10H2,1-5H3,(H,17,20). The molecular formula is C16H25N3S. The zero-order valence-electron chi connectivity index (χ0n) is 13.1. The number of imidazole rings is 1. The van der Waals surface area contributed by atoms with Crippen molar-refractivity contribution < 1.29 is 0 Å². The molecule has 1 heterocycles. The fourth-order valence-corrected chi connectivity index (χ4v) is 3.24. The number of H-pyrrole nitrogens is 1. The Morgan fingerprint density at radius 1 is 1.20 bits per heavy atom. The van der Waals surface area contributed by atoms with Gasteiger partial charge in [-0.05, 0) is 58.5 Å². The van der Waals surface area contributed by atoms with Gasteiger partial charge in [0.05, 0.1) is 11.0 Å². The number of benzene rings is 1. The second-order valence-electron chi connectivity index (χ2n) is 5.98. The molecular weight excluding hydrogens is 266 g/mol. The Balaban J connectivity index is 2.30. The highest BCUT2D eigenvalue weighted by molar-refractivity contribution is 7.71. The largest absolute Gasteiger partial charge is 0.331 e. The van der Waals surface area contributed by atoms with Crippen molar-refractivity contribution in [3.05, 3.63) is 28.5 Å². The summed E-state index contributed by atoms with van der Waals surface area (Å²) in [6.45, 7) is 13.1. The molecule has 110 valence electrons. The van der Waals surface area contributed by atoms with Crippen molar-refractivity contribution in [2.75, 3.05) is 6.54 Å². The molecule has 2 rings (SSSR count). The van der Waals surface area contributed by atoms with Gasteiger partial charge in [0.15, 0.2) is 4.77 Å². The van der Waals surface area contributed by atoms with E-state index in [9.17, 15) is 0 Å². The van der Waals surface area contributed by atoms with Gasteiger partial charge in [0.2, 0.25) is 0 Å². The highest BCUT2D eigenvalue weighted by Crippen LogP contribution is 2.18. The van der Waals surface area contributed by atoms with Crippen LogP contribution in [-0.2, 0) is 6.54 Å². The minimum Gasteiger partial charge on any atom is -0.331 e. The molecule has 0 unspecified atom stereocenters. The van der Waals surface area contributed by atoms with Crippen LogP contribution in [0.1, 0.15) is 33.3 Å². The molecule has 0 aliphatic rings. The van der Waals surface area contributed by atoms with Crippen molar-refractivity contribution in [2.24, 2.45) is 0 Å². The number of nitrogens with zero attached hydrogens (tertiary/aromatic N) is 2. The number of hydrogen-bond donors (Lipinski definition) is 1. The summed E-state index contributed by atoms with van der Waals surface area (Å²) in [5.41, 5.74) is 3.65. The van der Waals surface area contributed by atoms with E-state index in [1.165, 1.54) is 11.1 Å². The van der Waals surface area contributed by atoms with Crippen LogP contribution in [0.15, 0.2) is 18.2 Å². The van der Waals surface area contributed by atoms with Crippen LogP contribution in [0.3, 0.4) is 0 Å². The first-order valence-corrected chi connectivity index (χ1v) is 7.76. The molecule has 0 atom stereocenters. The predicted molar refractivity (Wildman–Crippen MR) is 88.8 cm³/mol. The van der Waals surface area contributed by atoms with Crippen LogP contribution < -0.4 is 0 Å². The maximum absolute atomic E-state index is 5.48. The Hall–Kier alpha value is -1.13. The lowest BCUT2D eigenvalue weighted by atomic mass is 10.2. The van der Waals surface area contributed by atoms with Gasteiger partial charge < -0.3 is 9.55 Å². The number of rotatable bonds is 5. The maximum atomic E-state index is 5.48. The van der Waals surface area contributed by atoms with Gasteiger partial charge >= 0.3 is 0 Å². The summed E-state index contributed by atoms with van der Waals surface area (Å²) < 4.78 is 3.05. The number of nitrogens with one attached hydrogen (secondary N) is 1. The molecule has 0 bridgehead atoms. The Labute approximate surface area is 126 Å². The highest BCUT2D eigenvalue weighted by Gasteiger charge is 2.14. The number of fused-ring (bicyclic) bond motifs is 1. The SMILES string of the molecule is Cc1cccc2[nH]c(=S)n(CCN(C(C)C)C(C)C)c12. The van der Waals surface area contributed by atoms with E-state index in [4.69, 9.17) is 12.2 Å². The Kier molecular flexibility index (Phi) is 4.66. The molecule has 0 aliphatic heterocycles. The van der Waals surface area contributed by atoms with Crippen LogP contribution >= 0.6 is 12.2 Å². The average molecular weight is 291 g/mol. The summed E-state index contributed by atoms with van der Waals surface area (Å²) in [4.78, 5) is 5.81. The number of aromatic amines is 1. The number of hydrogen-bond acceptors (Lipinski definition) is 2. The van der Waals surface area contributed by atoms with Crippen LogP contribution in [0.4, 0.5) is 0 Å². The Morgan fingerprint density at radius 3 is 2.45 bits per heavy atom. The lowest BCUT2D eigenvalue weighted by Gasteiger charge is -2.30. The van der Waals surface area contributed by atoms with Gasteiger partial charge in [-0.2, -0.15) is 0 Å². The molecule has 1 N–H and O–H groups in total. The van der Waals surface area contributed by atoms with E-state index in [1.807, 2.05) is 0 Å². The molecule has 0 fully saturated rings. The summed E-state index contributed by atoms with van der Waals surface area (Å²) in [5, 5.41) is 0. The molecule has 2 aromatic rings. The van der Waals surface area contributed by atoms with E-state index in [0.717, 1.165) is 23.4 Å². The summed E-state index contributed by atoms with van der Waals surface area (Å²) in [7, 11) is 0. The smallest absolute Gasteiger partial charge is 0.178 e. The average Bonchev–Trinajstić information content (AvgIpc) is 2.66. The third-order valence-electron chi connectivity index (χ3n) is 3.90. The van der Waals surface area contributed by atoms with Crippen molar-refractivity contribution in [1.82, 2.24) is 14.5 Å². The first kappa shape index (κ1) is 15.3. The van der Waals surface area contributed by atoms with Crippen LogP contribution in [0.2, 0.25) is 0 Å². The molecule has 0 spiro atoms. The zero-order chi connectivity index (χ0) is 14.9. The maximum Gasteiger partial charge on any atom is 0.178 e. The van der Waals surface area contributed by atoms with E-state index in [0.29, 0.717) is 12.1 Å². The van der Waals surface area contributed by atoms with Gasteiger partial charge in [-0.3, -0.25) is 4.90 Å². The Bertz CT molecular complexity index is 629. The van der Waals surface area contributed by atoms with Crippen molar-refractivity contribution in [3.63, 3.8) is 0 Å². The molecule has 0 radical (unpaired) electrons. The third-order valence-corrected chi connectivity index (χ3v) is 4.23. The monoisotopic (exact) mass is 291 g/mol. The highest BCUT2D eigenvalue weighted by atomic mass is 32.1. The summed E-state index contributed by atoms with van der Waals surface area (Å²) in [6, 6.07) is 7.41. The van der Waals surface area contributed by atoms with Gasteiger partial charge in [0.25, 0.3) is 0 Å². The molecule has 4 heteroatoms. The van der Waals surface area contributed by atoms with Crippen molar-refractivity contribution in [2.45, 2.75) is 53.2 Å². The van der Waals surface area contributed by atoms with Crippen LogP contribution in [0.5, 0.6) is 0 Å². The fraction of sp³-hybridized carbons (Fsp3) is 0.562. The van der Waals surface area contributed by atoms with Crippen LogP contribution in [-0.4, -0.2) is 33.1 Å². The van der Waals surface area contributed by atoms with E-state index in [1.54, 1.807) is 0 Å². The normalized spacial score (nSPS) is 12.2. The van der Waals surface area contributed by atoms with Gasteiger partial charge in [-0.1, -0.05) is 12.1 Å².